The Morgan fingerprint density at radius 1 is 1.04 bits per heavy atom. The van der Waals surface area contributed by atoms with Crippen LogP contribution >= 0.6 is 0 Å². The molecule has 0 saturated carbocycles. The van der Waals surface area contributed by atoms with Crippen molar-refractivity contribution in [2.75, 3.05) is 0 Å². The summed E-state index contributed by atoms with van der Waals surface area (Å²) in [6.07, 6.45) is 0. The number of hydrogen-bond donors (Lipinski definition) is 1. The first-order valence-electron chi connectivity index (χ1n) is 8.42. The molecule has 0 heterocycles. The lowest BCUT2D eigenvalue weighted by Crippen LogP contribution is -2.31. The number of carbonyl (C=O) groups is 1. The number of carbonyl (C=O) groups excluding carboxylic acids is 1. The van der Waals surface area contributed by atoms with Crippen LogP contribution in [0.15, 0.2) is 48.2 Å². The normalized spacial score (nSPS) is 12.2. The number of benzene rings is 2. The molecule has 0 fully saturated rings. The molecule has 2 rings (SSSR count). The Hall–Kier alpha value is -2.93. The van der Waals surface area contributed by atoms with Crippen molar-refractivity contribution in [2.45, 2.75) is 34.6 Å². The second-order valence-electron chi connectivity index (χ2n) is 7.45. The summed E-state index contributed by atoms with van der Waals surface area (Å²) >= 11 is 0. The van der Waals surface area contributed by atoms with Crippen molar-refractivity contribution in [2.24, 2.45) is 5.41 Å². The van der Waals surface area contributed by atoms with E-state index in [2.05, 4.69) is 11.4 Å². The molecule has 0 atom stereocenters. The van der Waals surface area contributed by atoms with E-state index in [0.29, 0.717) is 11.3 Å². The molecule has 4 heteroatoms. The zero-order valence-electron chi connectivity index (χ0n) is 15.8. The minimum Gasteiger partial charge on any atom is -0.324 e. The molecule has 26 heavy (non-hydrogen) atoms. The maximum absolute atomic E-state index is 13.4. The summed E-state index contributed by atoms with van der Waals surface area (Å²) in [7, 11) is 0. The number of aryl methyl sites for hydroxylation is 2. The second-order valence-corrected chi connectivity index (χ2v) is 7.45. The summed E-state index contributed by atoms with van der Waals surface area (Å²) in [5, 5.41) is 12.6. The van der Waals surface area contributed by atoms with Gasteiger partial charge in [0.2, 0.25) is 0 Å². The summed E-state index contributed by atoms with van der Waals surface area (Å²) in [6.45, 7) is 9.71. The number of nitriles is 1. The largest absolute Gasteiger partial charge is 0.324 e. The fourth-order valence-electron chi connectivity index (χ4n) is 2.82. The Balaban J connectivity index is 2.56. The molecule has 0 aromatic heterocycles. The number of halogens is 1. The van der Waals surface area contributed by atoms with Crippen LogP contribution in [0.4, 0.5) is 4.39 Å². The van der Waals surface area contributed by atoms with Crippen LogP contribution in [0, 0.1) is 36.4 Å². The van der Waals surface area contributed by atoms with E-state index >= 15 is 0 Å². The van der Waals surface area contributed by atoms with Crippen LogP contribution in [-0.4, -0.2) is 5.91 Å². The van der Waals surface area contributed by atoms with Gasteiger partial charge in [0.25, 0.3) is 5.91 Å². The van der Waals surface area contributed by atoms with Crippen molar-refractivity contribution < 1.29 is 9.18 Å². The third kappa shape index (κ3) is 4.58. The number of nitrogens with one attached hydrogen (secondary N) is 1. The smallest absolute Gasteiger partial charge is 0.255 e. The highest BCUT2D eigenvalue weighted by Crippen LogP contribution is 2.31. The van der Waals surface area contributed by atoms with Gasteiger partial charge in [0.15, 0.2) is 0 Å². The molecule has 0 radical (unpaired) electrons. The first kappa shape index (κ1) is 19.4. The van der Waals surface area contributed by atoms with Gasteiger partial charge in [-0.05, 0) is 37.6 Å². The molecule has 0 spiro atoms. The minimum absolute atomic E-state index is 0.212. The van der Waals surface area contributed by atoms with Gasteiger partial charge in [0.05, 0.1) is 5.57 Å². The SMILES string of the molecule is Cc1cc(C)cc(/C(C#N)=C(\NC(=O)c2cccc(F)c2)C(C)(C)C)c1. The molecule has 3 nitrogen and oxygen atoms in total. The summed E-state index contributed by atoms with van der Waals surface area (Å²) in [4.78, 5) is 12.6. The van der Waals surface area contributed by atoms with Crippen molar-refractivity contribution in [3.8, 4) is 6.07 Å². The van der Waals surface area contributed by atoms with Crippen LogP contribution in [0.3, 0.4) is 0 Å². The highest BCUT2D eigenvalue weighted by molar-refractivity contribution is 5.97. The second kappa shape index (κ2) is 7.53. The van der Waals surface area contributed by atoms with Gasteiger partial charge in [-0.2, -0.15) is 5.26 Å². The highest BCUT2D eigenvalue weighted by Gasteiger charge is 2.25. The Kier molecular flexibility index (Phi) is 5.62. The maximum atomic E-state index is 13.4. The molecule has 0 bridgehead atoms. The number of nitrogens with zero attached hydrogens (tertiary/aromatic N) is 1. The number of rotatable bonds is 3. The molecule has 0 aliphatic rings. The molecule has 0 unspecified atom stereocenters. The molecule has 0 aliphatic carbocycles. The summed E-state index contributed by atoms with van der Waals surface area (Å²) < 4.78 is 13.4. The lowest BCUT2D eigenvalue weighted by Gasteiger charge is -2.26. The van der Waals surface area contributed by atoms with Gasteiger partial charge < -0.3 is 5.32 Å². The van der Waals surface area contributed by atoms with Gasteiger partial charge in [-0.25, -0.2) is 4.39 Å². The van der Waals surface area contributed by atoms with Gasteiger partial charge in [0, 0.05) is 16.7 Å². The molecule has 1 amide bonds. The van der Waals surface area contributed by atoms with Crippen molar-refractivity contribution >= 4 is 11.5 Å². The quantitative estimate of drug-likeness (QED) is 0.778. The Morgan fingerprint density at radius 2 is 1.65 bits per heavy atom. The number of amides is 1. The van der Waals surface area contributed by atoms with E-state index in [1.54, 1.807) is 6.07 Å². The summed E-state index contributed by atoms with van der Waals surface area (Å²) in [5.74, 6) is -0.916. The first-order valence-corrected chi connectivity index (χ1v) is 8.42. The zero-order chi connectivity index (χ0) is 19.5. The fourth-order valence-corrected chi connectivity index (χ4v) is 2.82. The zero-order valence-corrected chi connectivity index (χ0v) is 15.8. The molecular weight excluding hydrogens is 327 g/mol. The molecule has 2 aromatic rings. The van der Waals surface area contributed by atoms with Crippen LogP contribution in [0.1, 0.15) is 47.8 Å². The van der Waals surface area contributed by atoms with E-state index in [9.17, 15) is 14.4 Å². The topological polar surface area (TPSA) is 52.9 Å². The Morgan fingerprint density at radius 3 is 2.15 bits per heavy atom. The van der Waals surface area contributed by atoms with E-state index < -0.39 is 17.1 Å². The molecule has 2 aromatic carbocycles. The van der Waals surface area contributed by atoms with Gasteiger partial charge in [-0.15, -0.1) is 0 Å². The van der Waals surface area contributed by atoms with Crippen LogP contribution in [-0.2, 0) is 0 Å². The minimum atomic E-state index is -0.480. The molecule has 0 aliphatic heterocycles. The highest BCUT2D eigenvalue weighted by atomic mass is 19.1. The lowest BCUT2D eigenvalue weighted by molar-refractivity contribution is 0.0957. The van der Waals surface area contributed by atoms with E-state index in [0.717, 1.165) is 16.7 Å². The van der Waals surface area contributed by atoms with Crippen molar-refractivity contribution in [3.05, 3.63) is 76.2 Å². The summed E-state index contributed by atoms with van der Waals surface area (Å²) in [6, 6.07) is 13.6. The average molecular weight is 350 g/mol. The molecule has 0 saturated heterocycles. The van der Waals surface area contributed by atoms with Crippen LogP contribution in [0.2, 0.25) is 0 Å². The monoisotopic (exact) mass is 350 g/mol. The van der Waals surface area contributed by atoms with E-state index in [1.165, 1.54) is 18.2 Å². The van der Waals surface area contributed by atoms with Crippen LogP contribution in [0.5, 0.6) is 0 Å². The molecule has 134 valence electrons. The van der Waals surface area contributed by atoms with Crippen molar-refractivity contribution in [3.63, 3.8) is 0 Å². The number of hydrogen-bond acceptors (Lipinski definition) is 2. The van der Waals surface area contributed by atoms with Gasteiger partial charge in [0.1, 0.15) is 11.9 Å². The van der Waals surface area contributed by atoms with E-state index in [-0.39, 0.29) is 5.56 Å². The average Bonchev–Trinajstić information content (AvgIpc) is 2.52. The Bertz CT molecular complexity index is 894. The maximum Gasteiger partial charge on any atom is 0.255 e. The van der Waals surface area contributed by atoms with E-state index in [1.807, 2.05) is 52.8 Å². The molecule has 1 N–H and O–H groups in total. The standard InChI is InChI=1S/C22H23FN2O/c1-14-9-15(2)11-17(10-14)19(13-24)20(22(3,4)5)25-21(26)16-7-6-8-18(23)12-16/h6-12H,1-5H3,(H,25,26)/b20-19-. The third-order valence-electron chi connectivity index (χ3n) is 3.95. The fraction of sp³-hybridized carbons (Fsp3) is 0.273. The lowest BCUT2D eigenvalue weighted by atomic mass is 9.86. The number of allylic oxidation sites excluding steroid dienone is 2. The predicted molar refractivity (Wildman–Crippen MR) is 102 cm³/mol. The van der Waals surface area contributed by atoms with Gasteiger partial charge in [-0.3, -0.25) is 4.79 Å². The summed E-state index contributed by atoms with van der Waals surface area (Å²) in [5.41, 5.74) is 3.49. The van der Waals surface area contributed by atoms with Crippen LogP contribution < -0.4 is 5.32 Å². The van der Waals surface area contributed by atoms with Crippen molar-refractivity contribution in [1.82, 2.24) is 5.32 Å². The Labute approximate surface area is 154 Å². The predicted octanol–water partition coefficient (Wildman–Crippen LogP) is 5.15. The first-order chi connectivity index (χ1) is 12.1. The van der Waals surface area contributed by atoms with Crippen LogP contribution in [0.25, 0.3) is 5.57 Å². The third-order valence-corrected chi connectivity index (χ3v) is 3.95. The van der Waals surface area contributed by atoms with Gasteiger partial charge in [-0.1, -0.05) is 56.2 Å². The van der Waals surface area contributed by atoms with E-state index in [4.69, 9.17) is 0 Å². The van der Waals surface area contributed by atoms with Crippen molar-refractivity contribution in [1.29, 1.82) is 5.26 Å². The van der Waals surface area contributed by atoms with Gasteiger partial charge >= 0.3 is 0 Å². The molecular formula is C22H23FN2O.